The molecule has 0 aromatic carbocycles. The number of likely N-dealkylation sites (N-methyl/N-ethyl adjacent to an activating group) is 1. The van der Waals surface area contributed by atoms with Gasteiger partial charge in [0.05, 0.1) is 19.7 Å². The zero-order valence-electron chi connectivity index (χ0n) is 12.6. The van der Waals surface area contributed by atoms with E-state index in [4.69, 9.17) is 4.74 Å². The molecule has 0 aromatic heterocycles. The minimum absolute atomic E-state index is 0. The molecule has 118 valence electrons. The molecule has 1 N–H and O–H groups in total. The first-order valence-corrected chi connectivity index (χ1v) is 6.72. The number of carbonyl (C=O) groups is 2. The highest BCUT2D eigenvalue weighted by Crippen LogP contribution is 2.27. The predicted octanol–water partition coefficient (Wildman–Crippen LogP) is -0.0290. The van der Waals surface area contributed by atoms with Crippen molar-refractivity contribution in [2.75, 3.05) is 54.0 Å². The Morgan fingerprint density at radius 1 is 1.25 bits per heavy atom. The molecule has 0 bridgehead atoms. The minimum Gasteiger partial charge on any atom is -0.383 e. The van der Waals surface area contributed by atoms with Gasteiger partial charge >= 0.3 is 0 Å². The topological polar surface area (TPSA) is 61.9 Å². The summed E-state index contributed by atoms with van der Waals surface area (Å²) in [7, 11) is 4.96. The van der Waals surface area contributed by atoms with Crippen LogP contribution >= 0.6 is 12.4 Å². The molecule has 20 heavy (non-hydrogen) atoms. The van der Waals surface area contributed by atoms with E-state index in [1.54, 1.807) is 26.1 Å². The Bertz CT molecular complexity index is 309. The maximum atomic E-state index is 12.0. The van der Waals surface area contributed by atoms with Crippen LogP contribution in [-0.4, -0.2) is 75.6 Å². The summed E-state index contributed by atoms with van der Waals surface area (Å²) in [5.74, 6) is 0.614. The van der Waals surface area contributed by atoms with Crippen molar-refractivity contribution in [2.45, 2.75) is 12.8 Å². The van der Waals surface area contributed by atoms with Gasteiger partial charge in [-0.15, -0.1) is 12.4 Å². The molecule has 1 fully saturated rings. The van der Waals surface area contributed by atoms with E-state index < -0.39 is 0 Å². The van der Waals surface area contributed by atoms with E-state index in [0.717, 1.165) is 12.5 Å². The van der Waals surface area contributed by atoms with Gasteiger partial charge < -0.3 is 19.9 Å². The Labute approximate surface area is 127 Å². The molecule has 0 spiro atoms. The summed E-state index contributed by atoms with van der Waals surface area (Å²) < 4.78 is 4.98. The SMILES string of the molecule is COCCN(CC(=O)N(C)C)C(=O)CNCC1CC1.Cl. The number of methoxy groups -OCH3 is 1. The molecule has 1 aliphatic rings. The quantitative estimate of drug-likeness (QED) is 0.650. The third-order valence-corrected chi connectivity index (χ3v) is 3.15. The lowest BCUT2D eigenvalue weighted by Gasteiger charge is -2.23. The van der Waals surface area contributed by atoms with Gasteiger partial charge in [-0.2, -0.15) is 0 Å². The lowest BCUT2D eigenvalue weighted by atomic mass is 10.3. The van der Waals surface area contributed by atoms with Gasteiger partial charge in [0.15, 0.2) is 0 Å². The minimum atomic E-state index is -0.0772. The second kappa shape index (κ2) is 9.96. The first-order chi connectivity index (χ1) is 9.04. The first kappa shape index (κ1) is 19.1. The second-order valence-corrected chi connectivity index (χ2v) is 5.17. The Kier molecular flexibility index (Phi) is 9.54. The van der Waals surface area contributed by atoms with Crippen LogP contribution < -0.4 is 5.32 Å². The van der Waals surface area contributed by atoms with Crippen LogP contribution in [0.15, 0.2) is 0 Å². The third kappa shape index (κ3) is 7.67. The van der Waals surface area contributed by atoms with Gasteiger partial charge in [0.25, 0.3) is 0 Å². The Hall–Kier alpha value is -0.850. The molecular formula is C13H26ClN3O3. The summed E-state index contributed by atoms with van der Waals surface area (Å²) in [4.78, 5) is 26.8. The molecular weight excluding hydrogens is 282 g/mol. The molecule has 0 unspecified atom stereocenters. The molecule has 0 aliphatic heterocycles. The summed E-state index contributed by atoms with van der Waals surface area (Å²) in [6, 6.07) is 0. The van der Waals surface area contributed by atoms with Crippen LogP contribution in [0.1, 0.15) is 12.8 Å². The number of ether oxygens (including phenoxy) is 1. The van der Waals surface area contributed by atoms with Crippen LogP contribution in [0.5, 0.6) is 0 Å². The van der Waals surface area contributed by atoms with Crippen LogP contribution in [0.3, 0.4) is 0 Å². The average Bonchev–Trinajstić information content (AvgIpc) is 3.17. The number of hydrogen-bond acceptors (Lipinski definition) is 4. The third-order valence-electron chi connectivity index (χ3n) is 3.15. The van der Waals surface area contributed by atoms with Crippen LogP contribution in [0.2, 0.25) is 0 Å². The highest BCUT2D eigenvalue weighted by atomic mass is 35.5. The fourth-order valence-electron chi connectivity index (χ4n) is 1.62. The van der Waals surface area contributed by atoms with Crippen molar-refractivity contribution >= 4 is 24.2 Å². The van der Waals surface area contributed by atoms with Crippen molar-refractivity contribution in [3.05, 3.63) is 0 Å². The molecule has 0 saturated heterocycles. The summed E-state index contributed by atoms with van der Waals surface area (Å²) in [6.07, 6.45) is 2.52. The molecule has 0 atom stereocenters. The highest BCUT2D eigenvalue weighted by molar-refractivity contribution is 5.85. The molecule has 2 amide bonds. The number of nitrogens with one attached hydrogen (secondary N) is 1. The van der Waals surface area contributed by atoms with E-state index in [9.17, 15) is 9.59 Å². The van der Waals surface area contributed by atoms with E-state index in [-0.39, 0.29) is 30.8 Å². The smallest absolute Gasteiger partial charge is 0.241 e. The van der Waals surface area contributed by atoms with E-state index in [1.165, 1.54) is 17.7 Å². The lowest BCUT2D eigenvalue weighted by Crippen LogP contribution is -2.45. The molecule has 1 saturated carbocycles. The average molecular weight is 308 g/mol. The van der Waals surface area contributed by atoms with E-state index >= 15 is 0 Å². The standard InChI is InChI=1S/C13H25N3O3.ClH/c1-15(2)13(18)10-16(6-7-19-3)12(17)9-14-8-11-4-5-11;/h11,14H,4-10H2,1-3H3;1H. The highest BCUT2D eigenvalue weighted by Gasteiger charge is 2.22. The van der Waals surface area contributed by atoms with Crippen LogP contribution in [0.4, 0.5) is 0 Å². The van der Waals surface area contributed by atoms with Crippen LogP contribution in [-0.2, 0) is 14.3 Å². The van der Waals surface area contributed by atoms with Crippen molar-refractivity contribution in [3.8, 4) is 0 Å². The van der Waals surface area contributed by atoms with Gasteiger partial charge in [-0.25, -0.2) is 0 Å². The van der Waals surface area contributed by atoms with Gasteiger partial charge in [0, 0.05) is 27.7 Å². The van der Waals surface area contributed by atoms with Gasteiger partial charge in [-0.05, 0) is 25.3 Å². The van der Waals surface area contributed by atoms with Gasteiger partial charge in [0.2, 0.25) is 11.8 Å². The largest absolute Gasteiger partial charge is 0.383 e. The number of halogens is 1. The molecule has 1 rings (SSSR count). The summed E-state index contributed by atoms with van der Waals surface area (Å²) in [5, 5.41) is 3.15. The van der Waals surface area contributed by atoms with E-state index in [1.807, 2.05) is 0 Å². The number of rotatable bonds is 9. The van der Waals surface area contributed by atoms with Gasteiger partial charge in [-0.1, -0.05) is 0 Å². The number of hydrogen-bond donors (Lipinski definition) is 1. The maximum Gasteiger partial charge on any atom is 0.241 e. The molecule has 6 nitrogen and oxygen atoms in total. The molecule has 1 aliphatic carbocycles. The van der Waals surface area contributed by atoms with E-state index in [2.05, 4.69) is 5.32 Å². The molecule has 0 radical (unpaired) electrons. The zero-order valence-corrected chi connectivity index (χ0v) is 13.4. The lowest BCUT2D eigenvalue weighted by molar-refractivity contribution is -0.139. The first-order valence-electron chi connectivity index (χ1n) is 6.72. The Morgan fingerprint density at radius 3 is 2.40 bits per heavy atom. The van der Waals surface area contributed by atoms with Crippen LogP contribution in [0.25, 0.3) is 0 Å². The number of amides is 2. The van der Waals surface area contributed by atoms with Crippen molar-refractivity contribution in [2.24, 2.45) is 5.92 Å². The second-order valence-electron chi connectivity index (χ2n) is 5.17. The van der Waals surface area contributed by atoms with Crippen LogP contribution in [0, 0.1) is 5.92 Å². The Balaban J connectivity index is 0.00000361. The fourth-order valence-corrected chi connectivity index (χ4v) is 1.62. The fraction of sp³-hybridized carbons (Fsp3) is 0.846. The Morgan fingerprint density at radius 2 is 1.90 bits per heavy atom. The van der Waals surface area contributed by atoms with Gasteiger partial charge in [0.1, 0.15) is 0 Å². The summed E-state index contributed by atoms with van der Waals surface area (Å²) >= 11 is 0. The monoisotopic (exact) mass is 307 g/mol. The van der Waals surface area contributed by atoms with Crippen molar-refractivity contribution in [1.82, 2.24) is 15.1 Å². The van der Waals surface area contributed by atoms with E-state index in [0.29, 0.717) is 19.7 Å². The molecule has 0 heterocycles. The zero-order chi connectivity index (χ0) is 14.3. The van der Waals surface area contributed by atoms with Gasteiger partial charge in [-0.3, -0.25) is 9.59 Å². The number of nitrogens with zero attached hydrogens (tertiary/aromatic N) is 2. The summed E-state index contributed by atoms with van der Waals surface area (Å²) in [5.41, 5.74) is 0. The normalized spacial score (nSPS) is 13.6. The van der Waals surface area contributed by atoms with Crippen molar-refractivity contribution in [1.29, 1.82) is 0 Å². The summed E-state index contributed by atoms with van der Waals surface area (Å²) in [6.45, 7) is 2.18. The molecule has 7 heteroatoms. The van der Waals surface area contributed by atoms with Crippen molar-refractivity contribution in [3.63, 3.8) is 0 Å². The van der Waals surface area contributed by atoms with Crippen molar-refractivity contribution < 1.29 is 14.3 Å². The maximum absolute atomic E-state index is 12.0. The molecule has 0 aromatic rings. The predicted molar refractivity (Wildman–Crippen MR) is 80.0 cm³/mol. The number of carbonyl (C=O) groups excluding carboxylic acids is 2.